The number of carbonyl (C=O) groups excluding carboxylic acids is 2. The molecule has 0 aliphatic heterocycles. The Labute approximate surface area is 220 Å². The molecular weight excluding hydrogens is 523 g/mol. The molecule has 0 unspecified atom stereocenters. The Hall–Kier alpha value is -3.19. The Kier molecular flexibility index (Phi) is 10.1. The van der Waals surface area contributed by atoms with Crippen LogP contribution in [0.2, 0.25) is 0 Å². The number of ether oxygens (including phenoxy) is 1. The van der Waals surface area contributed by atoms with E-state index >= 15 is 0 Å². The van der Waals surface area contributed by atoms with Crippen LogP contribution < -0.4 is 10.1 Å². The molecule has 0 saturated heterocycles. The van der Waals surface area contributed by atoms with Crippen LogP contribution in [0.4, 0.5) is 4.39 Å². The molecule has 0 aromatic heterocycles. The minimum Gasteiger partial charge on any atom is -0.484 e. The molecule has 0 spiro atoms. The molecule has 2 amide bonds. The summed E-state index contributed by atoms with van der Waals surface area (Å²) in [4.78, 5) is 28.6. The molecule has 0 heterocycles. The monoisotopic (exact) mass is 554 g/mol. The van der Waals surface area contributed by atoms with Crippen LogP contribution in [-0.4, -0.2) is 35.4 Å². The minimum absolute atomic E-state index is 0.0412. The first-order valence-corrected chi connectivity index (χ1v) is 12.8. The molecule has 0 aliphatic rings. The number of nitrogens with zero attached hydrogens (tertiary/aromatic N) is 1. The predicted octanol–water partition coefficient (Wildman–Crippen LogP) is 5.83. The number of carbonyl (C=O) groups is 2. The van der Waals surface area contributed by atoms with Gasteiger partial charge in [0.15, 0.2) is 6.61 Å². The maximum absolute atomic E-state index is 13.6. The van der Waals surface area contributed by atoms with Crippen molar-refractivity contribution in [2.24, 2.45) is 0 Å². The van der Waals surface area contributed by atoms with Crippen LogP contribution >= 0.6 is 15.9 Å². The summed E-state index contributed by atoms with van der Waals surface area (Å²) in [5.41, 5.74) is 2.64. The average molecular weight is 555 g/mol. The van der Waals surface area contributed by atoms with Crippen molar-refractivity contribution in [3.05, 3.63) is 99.8 Å². The molecule has 36 heavy (non-hydrogen) atoms. The Morgan fingerprint density at radius 3 is 2.36 bits per heavy atom. The maximum atomic E-state index is 13.6. The molecule has 0 fully saturated rings. The number of hydrogen-bond donors (Lipinski definition) is 1. The molecule has 5 nitrogen and oxygen atoms in total. The summed E-state index contributed by atoms with van der Waals surface area (Å²) in [7, 11) is 0. The van der Waals surface area contributed by atoms with E-state index in [-0.39, 0.29) is 36.8 Å². The van der Waals surface area contributed by atoms with Gasteiger partial charge in [0, 0.05) is 23.5 Å². The number of aryl methyl sites for hydroxylation is 1. The lowest BCUT2D eigenvalue weighted by Crippen LogP contribution is -2.53. The first-order chi connectivity index (χ1) is 17.3. The second-order valence-electron chi connectivity index (χ2n) is 8.87. The smallest absolute Gasteiger partial charge is 0.261 e. The zero-order valence-corrected chi connectivity index (χ0v) is 22.4. The molecule has 0 aliphatic carbocycles. The van der Waals surface area contributed by atoms with Gasteiger partial charge in [-0.15, -0.1) is 0 Å². The van der Waals surface area contributed by atoms with E-state index in [1.165, 1.54) is 17.0 Å². The van der Waals surface area contributed by atoms with E-state index in [1.807, 2.05) is 63.2 Å². The summed E-state index contributed by atoms with van der Waals surface area (Å²) in [6.45, 7) is 5.78. The van der Waals surface area contributed by atoms with Crippen molar-refractivity contribution >= 4 is 27.7 Å². The molecule has 3 rings (SSSR count). The summed E-state index contributed by atoms with van der Waals surface area (Å²) >= 11 is 3.46. The van der Waals surface area contributed by atoms with E-state index in [0.717, 1.165) is 27.6 Å². The lowest BCUT2D eigenvalue weighted by Gasteiger charge is -2.32. The highest BCUT2D eigenvalue weighted by atomic mass is 79.9. The number of benzene rings is 3. The van der Waals surface area contributed by atoms with Crippen LogP contribution in [0.3, 0.4) is 0 Å². The topological polar surface area (TPSA) is 58.6 Å². The zero-order chi connectivity index (χ0) is 26.1. The Bertz CT molecular complexity index is 1150. The highest BCUT2D eigenvalue weighted by Gasteiger charge is 2.31. The summed E-state index contributed by atoms with van der Waals surface area (Å²) < 4.78 is 20.3. The molecule has 0 radical (unpaired) electrons. The second kappa shape index (κ2) is 13.2. The van der Waals surface area contributed by atoms with Gasteiger partial charge in [0.1, 0.15) is 17.6 Å². The third kappa shape index (κ3) is 7.92. The normalized spacial score (nSPS) is 12.5. The van der Waals surface area contributed by atoms with Gasteiger partial charge in [-0.05, 0) is 67.3 Å². The molecule has 2 atom stereocenters. The van der Waals surface area contributed by atoms with E-state index in [0.29, 0.717) is 12.2 Å². The molecule has 0 bridgehead atoms. The number of halogens is 2. The van der Waals surface area contributed by atoms with E-state index in [1.54, 1.807) is 18.2 Å². The van der Waals surface area contributed by atoms with Gasteiger partial charge in [-0.25, -0.2) is 4.39 Å². The molecule has 0 saturated carbocycles. The predicted molar refractivity (Wildman–Crippen MR) is 143 cm³/mol. The third-order valence-corrected chi connectivity index (χ3v) is 6.92. The highest BCUT2D eigenvalue weighted by Crippen LogP contribution is 2.22. The first-order valence-electron chi connectivity index (χ1n) is 12.0. The number of nitrogens with one attached hydrogen (secondary N) is 1. The summed E-state index contributed by atoms with van der Waals surface area (Å²) in [6, 6.07) is 20.2. The number of rotatable bonds is 11. The molecule has 3 aromatic rings. The van der Waals surface area contributed by atoms with Crippen LogP contribution in [0.25, 0.3) is 0 Å². The van der Waals surface area contributed by atoms with Crippen molar-refractivity contribution in [2.75, 3.05) is 6.61 Å². The van der Waals surface area contributed by atoms with Crippen LogP contribution in [-0.2, 0) is 22.6 Å². The van der Waals surface area contributed by atoms with Crippen LogP contribution in [0.5, 0.6) is 5.75 Å². The number of amides is 2. The molecule has 1 N–H and O–H groups in total. The van der Waals surface area contributed by atoms with Crippen molar-refractivity contribution < 1.29 is 18.7 Å². The van der Waals surface area contributed by atoms with E-state index in [4.69, 9.17) is 4.74 Å². The van der Waals surface area contributed by atoms with Gasteiger partial charge < -0.3 is 15.0 Å². The van der Waals surface area contributed by atoms with Crippen LogP contribution in [0, 0.1) is 12.7 Å². The molecular formula is C29H32BrFN2O3. The Morgan fingerprint density at radius 1 is 1.03 bits per heavy atom. The van der Waals surface area contributed by atoms with E-state index in [9.17, 15) is 14.0 Å². The Balaban J connectivity index is 1.90. The molecule has 190 valence electrons. The van der Waals surface area contributed by atoms with Gasteiger partial charge in [0.2, 0.25) is 5.91 Å². The van der Waals surface area contributed by atoms with Crippen LogP contribution in [0.15, 0.2) is 77.3 Å². The minimum atomic E-state index is -0.769. The quantitative estimate of drug-likeness (QED) is 0.324. The Morgan fingerprint density at radius 2 is 1.72 bits per heavy atom. The fourth-order valence-electron chi connectivity index (χ4n) is 3.72. The highest BCUT2D eigenvalue weighted by molar-refractivity contribution is 9.10. The average Bonchev–Trinajstić information content (AvgIpc) is 2.88. The van der Waals surface area contributed by atoms with Crippen molar-refractivity contribution in [3.63, 3.8) is 0 Å². The maximum Gasteiger partial charge on any atom is 0.261 e. The van der Waals surface area contributed by atoms with Crippen molar-refractivity contribution in [3.8, 4) is 5.75 Å². The summed E-state index contributed by atoms with van der Waals surface area (Å²) in [6.07, 6.45) is 1.11. The molecule has 3 aromatic carbocycles. The first kappa shape index (κ1) is 27.4. The lowest BCUT2D eigenvalue weighted by atomic mass is 10.0. The van der Waals surface area contributed by atoms with Gasteiger partial charge in [-0.2, -0.15) is 0 Å². The van der Waals surface area contributed by atoms with Gasteiger partial charge in [-0.3, -0.25) is 9.59 Å². The van der Waals surface area contributed by atoms with Crippen molar-refractivity contribution in [2.45, 2.75) is 52.2 Å². The second-order valence-corrected chi connectivity index (χ2v) is 9.73. The fourth-order valence-corrected chi connectivity index (χ4v) is 3.96. The molecule has 7 heteroatoms. The number of hydrogen-bond acceptors (Lipinski definition) is 3. The van der Waals surface area contributed by atoms with Gasteiger partial charge in [0.05, 0.1) is 0 Å². The van der Waals surface area contributed by atoms with Gasteiger partial charge >= 0.3 is 0 Å². The largest absolute Gasteiger partial charge is 0.484 e. The van der Waals surface area contributed by atoms with Crippen molar-refractivity contribution in [1.82, 2.24) is 10.2 Å². The summed E-state index contributed by atoms with van der Waals surface area (Å²) in [5, 5.41) is 3.03. The van der Waals surface area contributed by atoms with E-state index in [2.05, 4.69) is 21.2 Å². The summed E-state index contributed by atoms with van der Waals surface area (Å²) in [5.74, 6) is -0.362. The van der Waals surface area contributed by atoms with E-state index < -0.39 is 6.04 Å². The lowest BCUT2D eigenvalue weighted by molar-refractivity contribution is -0.143. The zero-order valence-electron chi connectivity index (χ0n) is 20.8. The fraction of sp³-hybridized carbons (Fsp3) is 0.310. The van der Waals surface area contributed by atoms with Gasteiger partial charge in [-0.1, -0.05) is 65.3 Å². The van der Waals surface area contributed by atoms with Gasteiger partial charge in [0.25, 0.3) is 5.91 Å². The third-order valence-electron chi connectivity index (χ3n) is 6.03. The standard InChI is InChI=1S/C29H32BrFN2O3/c1-4-21(3)32-29(35)27(17-22-8-6-5-7-9-22)33(18-23-10-12-24(31)13-11-23)28(34)19-36-25-14-15-26(30)20(2)16-25/h5-16,21,27H,4,17-19H2,1-3H3,(H,32,35)/t21-,27-/m0/s1. The van der Waals surface area contributed by atoms with Crippen LogP contribution in [0.1, 0.15) is 37.0 Å². The van der Waals surface area contributed by atoms with Crippen molar-refractivity contribution in [1.29, 1.82) is 0 Å². The SMILES string of the molecule is CC[C@H](C)NC(=O)[C@H](Cc1ccccc1)N(Cc1ccc(F)cc1)C(=O)COc1ccc(Br)c(C)c1.